The van der Waals surface area contributed by atoms with Crippen LogP contribution in [0.3, 0.4) is 0 Å². The zero-order chi connectivity index (χ0) is 20.3. The molecule has 6 nitrogen and oxygen atoms in total. The Hall–Kier alpha value is -2.78. The van der Waals surface area contributed by atoms with Gasteiger partial charge in [0, 0.05) is 19.3 Å². The van der Waals surface area contributed by atoms with Crippen molar-refractivity contribution < 1.29 is 13.2 Å². The number of nitrogens with zero attached hydrogens (tertiary/aromatic N) is 3. The van der Waals surface area contributed by atoms with E-state index >= 15 is 0 Å². The first-order valence-corrected chi connectivity index (χ1v) is 8.72. The first-order chi connectivity index (χ1) is 13.3. The number of anilines is 1. The number of halogens is 3. The third-order valence-corrected chi connectivity index (χ3v) is 4.51. The third-order valence-electron chi connectivity index (χ3n) is 4.51. The molecule has 1 aromatic carbocycles. The normalized spacial score (nSPS) is 12.9. The van der Waals surface area contributed by atoms with E-state index in [-0.39, 0.29) is 5.56 Å². The molecule has 0 saturated heterocycles. The first-order valence-electron chi connectivity index (χ1n) is 8.72. The van der Waals surface area contributed by atoms with E-state index < -0.39 is 17.8 Å². The van der Waals surface area contributed by atoms with Crippen LogP contribution in [0.4, 0.5) is 19.0 Å². The van der Waals surface area contributed by atoms with Gasteiger partial charge in [0.1, 0.15) is 11.8 Å². The predicted molar refractivity (Wildman–Crippen MR) is 102 cm³/mol. The highest BCUT2D eigenvalue weighted by molar-refractivity contribution is 5.87. The number of benzene rings is 1. The van der Waals surface area contributed by atoms with Crippen LogP contribution >= 0.6 is 0 Å². The van der Waals surface area contributed by atoms with Gasteiger partial charge >= 0.3 is 6.18 Å². The average molecular weight is 390 g/mol. The summed E-state index contributed by atoms with van der Waals surface area (Å²) >= 11 is 0. The van der Waals surface area contributed by atoms with Crippen molar-refractivity contribution in [2.24, 2.45) is 5.73 Å². The van der Waals surface area contributed by atoms with E-state index in [4.69, 9.17) is 5.73 Å². The summed E-state index contributed by atoms with van der Waals surface area (Å²) in [6.45, 7) is 2.13. The van der Waals surface area contributed by atoms with Gasteiger partial charge in [-0.05, 0) is 42.8 Å². The average Bonchev–Trinajstić information content (AvgIpc) is 2.67. The van der Waals surface area contributed by atoms with E-state index in [9.17, 15) is 13.2 Å². The standard InChI is InChI=1S/C19H21F3N6/c1-11-3-4-12(7-14(11)19(20,21)22)15(9-24-2)28-18-17-16(26-10-27-18)13(8-23)5-6-25-17/h3-7,10,15,24H,8-9,23H2,1-2H3,(H,26,27,28)/t15-/m1/s1. The maximum Gasteiger partial charge on any atom is 0.416 e. The first kappa shape index (κ1) is 20.0. The van der Waals surface area contributed by atoms with E-state index in [2.05, 4.69) is 25.6 Å². The van der Waals surface area contributed by atoms with E-state index in [0.29, 0.717) is 35.5 Å². The maximum atomic E-state index is 13.3. The van der Waals surface area contributed by atoms with Crippen molar-refractivity contribution in [3.8, 4) is 0 Å². The van der Waals surface area contributed by atoms with Gasteiger partial charge in [0.2, 0.25) is 0 Å². The molecule has 0 spiro atoms. The Morgan fingerprint density at radius 1 is 1.11 bits per heavy atom. The second kappa shape index (κ2) is 8.07. The van der Waals surface area contributed by atoms with Gasteiger partial charge in [0.05, 0.1) is 17.1 Å². The molecule has 3 aromatic rings. The number of fused-ring (bicyclic) bond motifs is 1. The highest BCUT2D eigenvalue weighted by Crippen LogP contribution is 2.34. The summed E-state index contributed by atoms with van der Waals surface area (Å²) in [6.07, 6.45) is -1.42. The Kier molecular flexibility index (Phi) is 5.76. The van der Waals surface area contributed by atoms with Crippen LogP contribution in [0.5, 0.6) is 0 Å². The molecule has 0 aliphatic rings. The monoisotopic (exact) mass is 390 g/mol. The van der Waals surface area contributed by atoms with Gasteiger partial charge in [-0.25, -0.2) is 9.97 Å². The van der Waals surface area contributed by atoms with E-state index in [1.807, 2.05) is 0 Å². The molecule has 2 heterocycles. The lowest BCUT2D eigenvalue weighted by atomic mass is 9.99. The Bertz CT molecular complexity index is 974. The molecular formula is C19H21F3N6. The fourth-order valence-corrected chi connectivity index (χ4v) is 3.07. The molecule has 9 heteroatoms. The van der Waals surface area contributed by atoms with Crippen molar-refractivity contribution in [1.82, 2.24) is 20.3 Å². The second-order valence-corrected chi connectivity index (χ2v) is 6.42. The summed E-state index contributed by atoms with van der Waals surface area (Å²) in [7, 11) is 1.73. The van der Waals surface area contributed by atoms with E-state index in [1.54, 1.807) is 25.4 Å². The number of hydrogen-bond acceptors (Lipinski definition) is 6. The minimum Gasteiger partial charge on any atom is -0.360 e. The molecule has 148 valence electrons. The van der Waals surface area contributed by atoms with Crippen LogP contribution in [-0.4, -0.2) is 28.5 Å². The van der Waals surface area contributed by atoms with Crippen molar-refractivity contribution >= 4 is 16.9 Å². The molecule has 0 aliphatic heterocycles. The molecule has 0 aliphatic carbocycles. The summed E-state index contributed by atoms with van der Waals surface area (Å²) < 4.78 is 40.0. The van der Waals surface area contributed by atoms with Crippen LogP contribution in [-0.2, 0) is 12.7 Å². The van der Waals surface area contributed by atoms with Gasteiger partial charge in [0.15, 0.2) is 5.82 Å². The molecule has 2 aromatic heterocycles. The zero-order valence-electron chi connectivity index (χ0n) is 15.5. The summed E-state index contributed by atoms with van der Waals surface area (Å²) in [5.41, 5.74) is 7.73. The van der Waals surface area contributed by atoms with E-state index in [1.165, 1.54) is 25.4 Å². The molecule has 0 fully saturated rings. The van der Waals surface area contributed by atoms with Crippen molar-refractivity contribution in [2.45, 2.75) is 25.7 Å². The van der Waals surface area contributed by atoms with Gasteiger partial charge in [0.25, 0.3) is 0 Å². The molecule has 0 bridgehead atoms. The number of likely N-dealkylation sites (N-methyl/N-ethyl adjacent to an activating group) is 1. The molecule has 4 N–H and O–H groups in total. The Balaban J connectivity index is 2.03. The number of aromatic nitrogens is 3. The number of alkyl halides is 3. The third kappa shape index (κ3) is 4.05. The van der Waals surface area contributed by atoms with Crippen molar-refractivity contribution in [1.29, 1.82) is 0 Å². The molecule has 0 radical (unpaired) electrons. The summed E-state index contributed by atoms with van der Waals surface area (Å²) in [6, 6.07) is 5.66. The lowest BCUT2D eigenvalue weighted by molar-refractivity contribution is -0.138. The topological polar surface area (TPSA) is 88.8 Å². The molecule has 1 atom stereocenters. The number of rotatable bonds is 6. The number of aryl methyl sites for hydroxylation is 1. The van der Waals surface area contributed by atoms with Crippen LogP contribution in [0, 0.1) is 6.92 Å². The quantitative estimate of drug-likeness (QED) is 0.599. The SMILES string of the molecule is CNC[C@@H](Nc1ncnc2c(CN)ccnc12)c1ccc(C)c(C(F)(F)F)c1. The van der Waals surface area contributed by atoms with Crippen molar-refractivity contribution in [2.75, 3.05) is 18.9 Å². The highest BCUT2D eigenvalue weighted by atomic mass is 19.4. The fraction of sp³-hybridized carbons (Fsp3) is 0.316. The minimum atomic E-state index is -4.41. The van der Waals surface area contributed by atoms with E-state index in [0.717, 1.165) is 5.56 Å². The smallest absolute Gasteiger partial charge is 0.360 e. The molecular weight excluding hydrogens is 369 g/mol. The molecule has 28 heavy (non-hydrogen) atoms. The molecule has 0 unspecified atom stereocenters. The van der Waals surface area contributed by atoms with Crippen LogP contribution in [0.1, 0.15) is 28.3 Å². The molecule has 0 amide bonds. The summed E-state index contributed by atoms with van der Waals surface area (Å²) in [4.78, 5) is 12.8. The maximum absolute atomic E-state index is 13.3. The Labute approximate surface area is 160 Å². The van der Waals surface area contributed by atoms with Crippen molar-refractivity contribution in [3.63, 3.8) is 0 Å². The number of nitrogens with two attached hydrogens (primary N) is 1. The molecule has 0 saturated carbocycles. The second-order valence-electron chi connectivity index (χ2n) is 6.42. The summed E-state index contributed by atoms with van der Waals surface area (Å²) in [5, 5.41) is 6.21. The summed E-state index contributed by atoms with van der Waals surface area (Å²) in [5.74, 6) is 0.440. The van der Waals surface area contributed by atoms with Crippen molar-refractivity contribution in [3.05, 3.63) is 59.0 Å². The van der Waals surface area contributed by atoms with Gasteiger partial charge in [-0.1, -0.05) is 12.1 Å². The Morgan fingerprint density at radius 2 is 1.89 bits per heavy atom. The Morgan fingerprint density at radius 3 is 2.57 bits per heavy atom. The predicted octanol–water partition coefficient (Wildman–Crippen LogP) is 3.18. The highest BCUT2D eigenvalue weighted by Gasteiger charge is 2.33. The van der Waals surface area contributed by atoms with Gasteiger partial charge in [-0.2, -0.15) is 13.2 Å². The van der Waals surface area contributed by atoms with Crippen LogP contribution < -0.4 is 16.4 Å². The van der Waals surface area contributed by atoms with Crippen LogP contribution in [0.25, 0.3) is 11.0 Å². The fourth-order valence-electron chi connectivity index (χ4n) is 3.07. The van der Waals surface area contributed by atoms with Crippen LogP contribution in [0.15, 0.2) is 36.8 Å². The zero-order valence-corrected chi connectivity index (χ0v) is 15.5. The van der Waals surface area contributed by atoms with Gasteiger partial charge in [-0.3, -0.25) is 4.98 Å². The van der Waals surface area contributed by atoms with Crippen LogP contribution in [0.2, 0.25) is 0 Å². The lowest BCUT2D eigenvalue weighted by Crippen LogP contribution is -2.25. The minimum absolute atomic E-state index is 0.182. The largest absolute Gasteiger partial charge is 0.416 e. The van der Waals surface area contributed by atoms with Gasteiger partial charge < -0.3 is 16.4 Å². The molecule has 3 rings (SSSR count). The van der Waals surface area contributed by atoms with Gasteiger partial charge in [-0.15, -0.1) is 0 Å². The number of pyridine rings is 1. The number of hydrogen-bond donors (Lipinski definition) is 3. The lowest BCUT2D eigenvalue weighted by Gasteiger charge is -2.22. The number of nitrogens with one attached hydrogen (secondary N) is 2.